The molecule has 0 bridgehead atoms. The van der Waals surface area contributed by atoms with E-state index >= 15 is 0 Å². The average molecular weight is 402 g/mol. The summed E-state index contributed by atoms with van der Waals surface area (Å²) in [5.74, 6) is -0.468. The van der Waals surface area contributed by atoms with Crippen LogP contribution < -0.4 is 0 Å². The van der Waals surface area contributed by atoms with Crippen molar-refractivity contribution in [3.05, 3.63) is 42.0 Å². The number of rotatable bonds is 3. The fourth-order valence-electron chi connectivity index (χ4n) is 3.01. The van der Waals surface area contributed by atoms with Crippen molar-refractivity contribution in [1.82, 2.24) is 19.4 Å². The number of nitrogens with zero attached hydrogens (tertiary/aromatic N) is 4. The second-order valence-electron chi connectivity index (χ2n) is 6.29. The van der Waals surface area contributed by atoms with Crippen LogP contribution in [0.15, 0.2) is 35.9 Å². The van der Waals surface area contributed by atoms with E-state index in [1.165, 1.54) is 15.7 Å². The fraction of sp³-hybridized carbons (Fsp3) is 0.438. The van der Waals surface area contributed by atoms with Crippen molar-refractivity contribution in [3.63, 3.8) is 0 Å². The van der Waals surface area contributed by atoms with Gasteiger partial charge in [-0.25, -0.2) is 13.4 Å². The number of carbonyl (C=O) groups is 1. The molecule has 7 nitrogen and oxygen atoms in total. The molecule has 0 aliphatic carbocycles. The number of alkyl halides is 3. The van der Waals surface area contributed by atoms with Crippen LogP contribution in [-0.2, 0) is 23.1 Å². The highest BCUT2D eigenvalue weighted by Gasteiger charge is 2.36. The van der Waals surface area contributed by atoms with Gasteiger partial charge in [0.05, 0.1) is 10.8 Å². The quantitative estimate of drug-likeness (QED) is 0.783. The minimum absolute atomic E-state index is 0.0146. The Morgan fingerprint density at radius 2 is 1.85 bits per heavy atom. The molecule has 1 saturated heterocycles. The summed E-state index contributed by atoms with van der Waals surface area (Å²) in [6.07, 6.45) is -0.266. The highest BCUT2D eigenvalue weighted by atomic mass is 32.2. The molecule has 146 valence electrons. The molecule has 1 fully saturated rings. The summed E-state index contributed by atoms with van der Waals surface area (Å²) < 4.78 is 64.4. The molecular weight excluding hydrogens is 385 g/mol. The van der Waals surface area contributed by atoms with Crippen LogP contribution >= 0.6 is 0 Å². The lowest BCUT2D eigenvalue weighted by molar-refractivity contribution is -0.141. The van der Waals surface area contributed by atoms with Crippen LogP contribution in [0.5, 0.6) is 0 Å². The predicted molar refractivity (Wildman–Crippen MR) is 88.6 cm³/mol. The molecule has 1 aliphatic rings. The molecule has 1 aliphatic heterocycles. The van der Waals surface area contributed by atoms with Crippen molar-refractivity contribution >= 4 is 15.7 Å². The van der Waals surface area contributed by atoms with Crippen LogP contribution in [0.1, 0.15) is 28.9 Å². The molecule has 0 N–H and O–H groups in total. The third-order valence-electron chi connectivity index (χ3n) is 4.50. The minimum Gasteiger partial charge on any atom is -0.339 e. The number of imidazole rings is 1. The number of likely N-dealkylation sites (tertiary alicyclic amines) is 1. The zero-order valence-electron chi connectivity index (χ0n) is 14.3. The average Bonchev–Trinajstić information content (AvgIpc) is 3.07. The van der Waals surface area contributed by atoms with E-state index in [9.17, 15) is 26.4 Å². The van der Waals surface area contributed by atoms with Crippen LogP contribution in [0, 0.1) is 0 Å². The molecule has 2 aromatic rings. The summed E-state index contributed by atoms with van der Waals surface area (Å²) in [5, 5.41) is -0.674. The van der Waals surface area contributed by atoms with Crippen LogP contribution in [0.2, 0.25) is 0 Å². The second-order valence-corrected chi connectivity index (χ2v) is 8.41. The number of piperidine rings is 1. The van der Waals surface area contributed by atoms with E-state index in [1.54, 1.807) is 13.2 Å². The molecule has 0 aromatic carbocycles. The van der Waals surface area contributed by atoms with Crippen LogP contribution in [0.3, 0.4) is 0 Å². The van der Waals surface area contributed by atoms with Crippen molar-refractivity contribution in [1.29, 1.82) is 0 Å². The number of pyridine rings is 1. The molecule has 11 heteroatoms. The number of halogens is 3. The van der Waals surface area contributed by atoms with Crippen molar-refractivity contribution in [2.24, 2.45) is 7.05 Å². The summed E-state index contributed by atoms with van der Waals surface area (Å²) in [7, 11) is -2.02. The molecule has 0 radical (unpaired) electrons. The lowest BCUT2D eigenvalue weighted by Gasteiger charge is -2.31. The second kappa shape index (κ2) is 6.95. The van der Waals surface area contributed by atoms with Crippen LogP contribution in [0.25, 0.3) is 0 Å². The lowest BCUT2D eigenvalue weighted by atomic mass is 10.1. The van der Waals surface area contributed by atoms with Crippen molar-refractivity contribution in [3.8, 4) is 0 Å². The van der Waals surface area contributed by atoms with Gasteiger partial charge in [-0.3, -0.25) is 9.78 Å². The smallest absolute Gasteiger partial charge is 0.339 e. The predicted octanol–water partition coefficient (Wildman–Crippen LogP) is 1.91. The normalized spacial score (nSPS) is 16.5. The SMILES string of the molecule is Cn1ccnc1S(=O)(=O)C1CCN(C(=O)c2ccc(C(F)(F)F)nc2)CC1. The van der Waals surface area contributed by atoms with Crippen molar-refractivity contribution in [2.45, 2.75) is 29.4 Å². The molecule has 27 heavy (non-hydrogen) atoms. The van der Waals surface area contributed by atoms with Gasteiger partial charge in [0.25, 0.3) is 5.91 Å². The Morgan fingerprint density at radius 3 is 2.33 bits per heavy atom. The van der Waals surface area contributed by atoms with E-state index in [4.69, 9.17) is 0 Å². The summed E-state index contributed by atoms with van der Waals surface area (Å²) in [5.41, 5.74) is -1.03. The zero-order valence-corrected chi connectivity index (χ0v) is 15.2. The van der Waals surface area contributed by atoms with Crippen LogP contribution in [-0.4, -0.2) is 52.1 Å². The van der Waals surface area contributed by atoms with Gasteiger partial charge >= 0.3 is 6.18 Å². The van der Waals surface area contributed by atoms with Gasteiger partial charge in [-0.2, -0.15) is 13.2 Å². The van der Waals surface area contributed by atoms with E-state index < -0.39 is 32.9 Å². The number of hydrogen-bond acceptors (Lipinski definition) is 5. The minimum atomic E-state index is -4.57. The summed E-state index contributed by atoms with van der Waals surface area (Å²) in [6.45, 7) is 0.377. The van der Waals surface area contributed by atoms with Gasteiger partial charge in [0, 0.05) is 38.7 Å². The molecular formula is C16H17F3N4O3S. The molecule has 0 saturated carbocycles. The summed E-state index contributed by atoms with van der Waals surface area (Å²) in [4.78, 5) is 21.0. The molecule has 0 atom stereocenters. The van der Waals surface area contributed by atoms with Crippen LogP contribution in [0.4, 0.5) is 13.2 Å². The Hall–Kier alpha value is -2.43. The highest BCUT2D eigenvalue weighted by molar-refractivity contribution is 7.91. The topological polar surface area (TPSA) is 85.2 Å². The monoisotopic (exact) mass is 402 g/mol. The maximum atomic E-state index is 12.6. The van der Waals surface area contributed by atoms with Crippen molar-refractivity contribution < 1.29 is 26.4 Å². The third-order valence-corrected chi connectivity index (χ3v) is 6.75. The van der Waals surface area contributed by atoms with E-state index in [2.05, 4.69) is 9.97 Å². The van der Waals surface area contributed by atoms with Gasteiger partial charge in [0.15, 0.2) is 0 Å². The van der Waals surface area contributed by atoms with Gasteiger partial charge in [-0.05, 0) is 25.0 Å². The molecule has 3 heterocycles. The molecule has 0 spiro atoms. The largest absolute Gasteiger partial charge is 0.433 e. The van der Waals surface area contributed by atoms with Gasteiger partial charge < -0.3 is 9.47 Å². The number of amides is 1. The Kier molecular flexibility index (Phi) is 4.98. The highest BCUT2D eigenvalue weighted by Crippen LogP contribution is 2.28. The standard InChI is InChI=1S/C16H17F3N4O3S/c1-22-9-6-20-15(22)27(25,26)12-4-7-23(8-5-12)14(24)11-2-3-13(21-10-11)16(17,18)19/h2-3,6,9-10,12H,4-5,7-8H2,1H3. The van der Waals surface area contributed by atoms with E-state index in [0.717, 1.165) is 18.3 Å². The molecule has 2 aromatic heterocycles. The first-order valence-corrected chi connectivity index (χ1v) is 9.69. The summed E-state index contributed by atoms with van der Waals surface area (Å²) >= 11 is 0. The number of sulfone groups is 1. The fourth-order valence-corrected chi connectivity index (χ4v) is 4.81. The van der Waals surface area contributed by atoms with Crippen molar-refractivity contribution in [2.75, 3.05) is 13.1 Å². The van der Waals surface area contributed by atoms with Gasteiger partial charge in [-0.1, -0.05) is 0 Å². The Balaban J connectivity index is 1.67. The summed E-state index contributed by atoms with van der Waals surface area (Å²) in [6, 6.07) is 1.83. The number of aromatic nitrogens is 3. The Bertz CT molecular complexity index is 931. The van der Waals surface area contributed by atoms with E-state index in [1.807, 2.05) is 0 Å². The number of aryl methyl sites for hydroxylation is 1. The first-order chi connectivity index (χ1) is 12.6. The zero-order chi connectivity index (χ0) is 19.8. The first kappa shape index (κ1) is 19.3. The van der Waals surface area contributed by atoms with Gasteiger partial charge in [-0.15, -0.1) is 0 Å². The number of carbonyl (C=O) groups excluding carboxylic acids is 1. The van der Waals surface area contributed by atoms with E-state index in [-0.39, 0.29) is 36.7 Å². The van der Waals surface area contributed by atoms with Gasteiger partial charge in [0.2, 0.25) is 15.0 Å². The lowest BCUT2D eigenvalue weighted by Crippen LogP contribution is -2.42. The number of hydrogen-bond donors (Lipinski definition) is 0. The Morgan fingerprint density at radius 1 is 1.19 bits per heavy atom. The maximum absolute atomic E-state index is 12.6. The molecule has 3 rings (SSSR count). The maximum Gasteiger partial charge on any atom is 0.433 e. The van der Waals surface area contributed by atoms with E-state index in [0.29, 0.717) is 0 Å². The molecule has 0 unspecified atom stereocenters. The van der Waals surface area contributed by atoms with Gasteiger partial charge in [0.1, 0.15) is 5.69 Å². The Labute approximate surface area is 153 Å². The molecule has 1 amide bonds. The first-order valence-electron chi connectivity index (χ1n) is 8.14. The third kappa shape index (κ3) is 3.82.